The van der Waals surface area contributed by atoms with E-state index in [0.29, 0.717) is 18.1 Å². The topological polar surface area (TPSA) is 92.3 Å². The van der Waals surface area contributed by atoms with E-state index >= 15 is 0 Å². The molecule has 0 heterocycles. The van der Waals surface area contributed by atoms with Gasteiger partial charge in [0.25, 0.3) is 11.8 Å². The smallest absolute Gasteiger partial charge is 0.264 e. The molecule has 1 unspecified atom stereocenters. The van der Waals surface area contributed by atoms with Crippen LogP contribution in [0.25, 0.3) is 11.1 Å². The van der Waals surface area contributed by atoms with Crippen LogP contribution < -0.4 is 10.6 Å². The molecular weight excluding hydrogens is 555 g/mol. The fraction of sp³-hybridized carbons (Fsp3) is 0.500. The monoisotopic (exact) mass is 588 g/mol. The third kappa shape index (κ3) is 7.66. The van der Waals surface area contributed by atoms with E-state index in [1.54, 1.807) is 24.3 Å². The van der Waals surface area contributed by atoms with Crippen LogP contribution in [0.4, 0.5) is 22.0 Å². The van der Waals surface area contributed by atoms with Gasteiger partial charge in [-0.3, -0.25) is 14.9 Å². The van der Waals surface area contributed by atoms with Crippen LogP contribution in [0.15, 0.2) is 53.4 Å². The maximum atomic E-state index is 14.8. The van der Waals surface area contributed by atoms with Crippen molar-refractivity contribution in [1.82, 2.24) is 10.6 Å². The summed E-state index contributed by atoms with van der Waals surface area (Å²) in [6, 6.07) is 7.01. The quantitative estimate of drug-likeness (QED) is 0.369. The number of Topliss-reactive ketones (excluding diaryl/α,β-unsaturated/α-hetero) is 1. The van der Waals surface area contributed by atoms with Crippen LogP contribution in [0.3, 0.4) is 0 Å². The second kappa shape index (κ2) is 11.2. The number of rotatable bonds is 10. The Balaban J connectivity index is 1.87. The lowest BCUT2D eigenvalue weighted by Crippen LogP contribution is -2.55. The molecule has 1 fully saturated rings. The second-order valence-corrected chi connectivity index (χ2v) is 13.1. The molecule has 0 spiro atoms. The van der Waals surface area contributed by atoms with Crippen LogP contribution in [0.5, 0.6) is 0 Å². The summed E-state index contributed by atoms with van der Waals surface area (Å²) in [6.07, 6.45) is -0.541. The Bertz CT molecular complexity index is 1330. The molecule has 2 N–H and O–H groups in total. The molecule has 2 aromatic rings. The number of halogens is 5. The van der Waals surface area contributed by atoms with Gasteiger partial charge in [0.05, 0.1) is 29.4 Å². The number of nitrogens with one attached hydrogen (secondary N) is 2. The highest BCUT2D eigenvalue weighted by atomic mass is 32.2. The van der Waals surface area contributed by atoms with E-state index in [9.17, 15) is 40.0 Å². The summed E-state index contributed by atoms with van der Waals surface area (Å²) in [5.41, 5.74) is -0.693. The van der Waals surface area contributed by atoms with Crippen molar-refractivity contribution >= 4 is 21.5 Å². The van der Waals surface area contributed by atoms with Crippen molar-refractivity contribution in [3.8, 4) is 11.1 Å². The average Bonchev–Trinajstić information content (AvgIpc) is 3.01. The van der Waals surface area contributed by atoms with Gasteiger partial charge in [-0.1, -0.05) is 43.3 Å². The van der Waals surface area contributed by atoms with E-state index < -0.39 is 75.9 Å². The van der Waals surface area contributed by atoms with Gasteiger partial charge in [-0.2, -0.15) is 0 Å². The lowest BCUT2D eigenvalue weighted by atomic mass is 9.94. The van der Waals surface area contributed by atoms with Gasteiger partial charge >= 0.3 is 0 Å². The number of amides is 1. The normalized spacial score (nSPS) is 21.2. The zero-order chi connectivity index (χ0) is 30.3. The predicted molar refractivity (Wildman–Crippen MR) is 141 cm³/mol. The molecule has 0 aromatic heterocycles. The van der Waals surface area contributed by atoms with Crippen LogP contribution >= 0.6 is 0 Å². The lowest BCUT2D eigenvalue weighted by Gasteiger charge is -2.32. The number of benzene rings is 2. The third-order valence-electron chi connectivity index (χ3n) is 6.96. The van der Waals surface area contributed by atoms with Crippen LogP contribution in [0.2, 0.25) is 0 Å². The molecule has 1 aliphatic carbocycles. The summed E-state index contributed by atoms with van der Waals surface area (Å²) in [5, 5.41) is 4.73. The Hall–Kier alpha value is -2.86. The van der Waals surface area contributed by atoms with Crippen LogP contribution in [-0.2, 0) is 19.4 Å². The predicted octanol–water partition coefficient (Wildman–Crippen LogP) is 5.28. The van der Waals surface area contributed by atoms with Gasteiger partial charge in [-0.25, -0.2) is 30.4 Å². The summed E-state index contributed by atoms with van der Waals surface area (Å²) < 4.78 is 95.7. The first-order chi connectivity index (χ1) is 18.2. The van der Waals surface area contributed by atoms with Gasteiger partial charge in [-0.05, 0) is 42.7 Å². The van der Waals surface area contributed by atoms with Crippen LogP contribution in [0.1, 0.15) is 52.1 Å². The Labute approximate surface area is 230 Å². The third-order valence-corrected chi connectivity index (χ3v) is 8.09. The maximum absolute atomic E-state index is 14.8. The molecule has 0 saturated heterocycles. The molecule has 4 atom stereocenters. The van der Waals surface area contributed by atoms with Crippen molar-refractivity contribution < 1.29 is 40.0 Å². The molecule has 0 aliphatic heterocycles. The first-order valence-corrected chi connectivity index (χ1v) is 14.5. The van der Waals surface area contributed by atoms with Crippen molar-refractivity contribution in [2.75, 3.05) is 6.26 Å². The fourth-order valence-corrected chi connectivity index (χ4v) is 5.33. The van der Waals surface area contributed by atoms with Crippen LogP contribution in [0, 0.1) is 5.92 Å². The molecule has 1 aliphatic rings. The highest BCUT2D eigenvalue weighted by Crippen LogP contribution is 2.38. The average molecular weight is 589 g/mol. The molecule has 1 saturated carbocycles. The van der Waals surface area contributed by atoms with E-state index in [1.165, 1.54) is 24.3 Å². The Kier molecular flexibility index (Phi) is 8.86. The zero-order valence-corrected chi connectivity index (χ0v) is 23.6. The van der Waals surface area contributed by atoms with E-state index in [2.05, 4.69) is 10.6 Å². The number of sulfone groups is 1. The van der Waals surface area contributed by atoms with Crippen molar-refractivity contribution in [3.63, 3.8) is 0 Å². The van der Waals surface area contributed by atoms with Gasteiger partial charge < -0.3 is 5.32 Å². The van der Waals surface area contributed by atoms with Gasteiger partial charge in [0.1, 0.15) is 5.67 Å². The first-order valence-electron chi connectivity index (χ1n) is 12.6. The molecule has 0 radical (unpaired) electrons. The number of ketones is 1. The largest absolute Gasteiger partial charge is 0.344 e. The van der Waals surface area contributed by atoms with Crippen molar-refractivity contribution in [1.29, 1.82) is 0 Å². The molecule has 0 bridgehead atoms. The van der Waals surface area contributed by atoms with Crippen molar-refractivity contribution in [3.05, 3.63) is 54.1 Å². The summed E-state index contributed by atoms with van der Waals surface area (Å²) in [7, 11) is -3.39. The van der Waals surface area contributed by atoms with Gasteiger partial charge in [0.15, 0.2) is 15.6 Å². The van der Waals surface area contributed by atoms with Crippen LogP contribution in [-0.4, -0.2) is 56.0 Å². The molecular formula is C28H33F5N2O4S. The number of hydrogen-bond acceptors (Lipinski definition) is 5. The molecule has 6 nitrogen and oxygen atoms in total. The Morgan fingerprint density at radius 3 is 1.90 bits per heavy atom. The SMILES string of the molecule is C[C@@H]1C(NC(=O)[C@H](CC(C)(C)F)N[C@@H](c2ccc(-c3ccc(S(C)(=O)=O)cc3)cc2)C(C)(F)F)C(=O)CC1(F)F. The molecule has 12 heteroatoms. The number of hydrogen-bond donors (Lipinski definition) is 2. The minimum atomic E-state index is -3.44. The highest BCUT2D eigenvalue weighted by Gasteiger charge is 2.53. The zero-order valence-electron chi connectivity index (χ0n) is 22.8. The molecule has 2 aromatic carbocycles. The lowest BCUT2D eigenvalue weighted by molar-refractivity contribution is -0.130. The number of carbonyl (C=O) groups is 2. The van der Waals surface area contributed by atoms with Gasteiger partial charge in [-0.15, -0.1) is 0 Å². The minimum Gasteiger partial charge on any atom is -0.344 e. The Morgan fingerprint density at radius 2 is 1.50 bits per heavy atom. The number of carbonyl (C=O) groups excluding carboxylic acids is 2. The Morgan fingerprint density at radius 1 is 1.00 bits per heavy atom. The van der Waals surface area contributed by atoms with Gasteiger partial charge in [0.2, 0.25) is 5.91 Å². The van der Waals surface area contributed by atoms with E-state index in [0.717, 1.165) is 27.0 Å². The van der Waals surface area contributed by atoms with Gasteiger partial charge in [0, 0.05) is 25.5 Å². The molecule has 220 valence electrons. The fourth-order valence-electron chi connectivity index (χ4n) is 4.70. The summed E-state index contributed by atoms with van der Waals surface area (Å²) in [4.78, 5) is 25.3. The molecule has 3 rings (SSSR count). The standard InChI is InChI=1S/C28H33F5N2O4S/c1-16-23(22(36)15-28(16,32)33)35-25(37)21(14-26(2,3)29)34-24(27(4,30)31)19-8-6-17(7-9-19)18-10-12-20(13-11-18)40(5,38)39/h6-13,16,21,23-24,34H,14-15H2,1-5H3,(H,35,37)/t16-,21+,23?,24+/m1/s1. The minimum absolute atomic E-state index is 0.0651. The van der Waals surface area contributed by atoms with E-state index in [-0.39, 0.29) is 10.5 Å². The maximum Gasteiger partial charge on any atom is 0.264 e. The van der Waals surface area contributed by atoms with E-state index in [4.69, 9.17) is 0 Å². The summed E-state index contributed by atoms with van der Waals surface area (Å²) >= 11 is 0. The van der Waals surface area contributed by atoms with Crippen molar-refractivity contribution in [2.24, 2.45) is 5.92 Å². The molecule has 1 amide bonds. The highest BCUT2D eigenvalue weighted by molar-refractivity contribution is 7.90. The first kappa shape index (κ1) is 31.7. The summed E-state index contributed by atoms with van der Waals surface area (Å²) in [6.45, 7) is 4.03. The van der Waals surface area contributed by atoms with Crippen molar-refractivity contribution in [2.45, 2.75) is 81.1 Å². The van der Waals surface area contributed by atoms with E-state index in [1.807, 2.05) is 0 Å². The second-order valence-electron chi connectivity index (χ2n) is 11.1. The number of alkyl halides is 5. The molecule has 40 heavy (non-hydrogen) atoms. The summed E-state index contributed by atoms with van der Waals surface area (Å²) in [5.74, 6) is -10.2.